The largest absolute Gasteiger partial charge is 0.416 e. The SMILES string of the molecule is O=C(c1ccc(C(F)(F)F)cc1)N1CCCSC1=NCc1ccccc1. The van der Waals surface area contributed by atoms with Gasteiger partial charge in [0.25, 0.3) is 5.91 Å². The molecule has 2 aromatic carbocycles. The van der Waals surface area contributed by atoms with Crippen LogP contribution in [0.15, 0.2) is 59.6 Å². The van der Waals surface area contributed by atoms with E-state index in [0.717, 1.165) is 29.9 Å². The van der Waals surface area contributed by atoms with E-state index in [1.165, 1.54) is 23.9 Å². The molecule has 2 aromatic rings. The first-order valence-corrected chi connectivity index (χ1v) is 9.14. The van der Waals surface area contributed by atoms with Crippen LogP contribution >= 0.6 is 11.8 Å². The van der Waals surface area contributed by atoms with Gasteiger partial charge in [-0.25, -0.2) is 0 Å². The van der Waals surface area contributed by atoms with E-state index in [9.17, 15) is 18.0 Å². The smallest absolute Gasteiger partial charge is 0.287 e. The standard InChI is InChI=1S/C19H17F3N2OS/c20-19(21,22)16-9-7-15(8-10-16)17(25)24-11-4-12-26-18(24)23-13-14-5-2-1-3-6-14/h1-3,5-10H,4,11-13H2. The molecule has 1 aliphatic heterocycles. The molecule has 0 spiro atoms. The van der Waals surface area contributed by atoms with Gasteiger partial charge in [0, 0.05) is 17.9 Å². The summed E-state index contributed by atoms with van der Waals surface area (Å²) in [6, 6.07) is 14.0. The summed E-state index contributed by atoms with van der Waals surface area (Å²) in [5, 5.41) is 0.616. The molecule has 0 N–H and O–H groups in total. The zero-order chi connectivity index (χ0) is 18.6. The molecule has 136 valence electrons. The molecule has 1 aliphatic rings. The van der Waals surface area contributed by atoms with Crippen molar-refractivity contribution in [3.05, 3.63) is 71.3 Å². The molecule has 0 radical (unpaired) electrons. The summed E-state index contributed by atoms with van der Waals surface area (Å²) in [5.74, 6) is 0.544. The Labute approximate surface area is 153 Å². The lowest BCUT2D eigenvalue weighted by Crippen LogP contribution is -2.39. The van der Waals surface area contributed by atoms with Crippen molar-refractivity contribution in [2.75, 3.05) is 12.3 Å². The number of nitrogens with zero attached hydrogens (tertiary/aromatic N) is 2. The van der Waals surface area contributed by atoms with Crippen molar-refractivity contribution in [3.63, 3.8) is 0 Å². The number of alkyl halides is 3. The Morgan fingerprint density at radius 3 is 2.42 bits per heavy atom. The Morgan fingerprint density at radius 1 is 1.08 bits per heavy atom. The minimum Gasteiger partial charge on any atom is -0.287 e. The number of halogens is 3. The van der Waals surface area contributed by atoms with Crippen LogP contribution in [0.1, 0.15) is 27.9 Å². The maximum Gasteiger partial charge on any atom is 0.416 e. The topological polar surface area (TPSA) is 32.7 Å². The lowest BCUT2D eigenvalue weighted by molar-refractivity contribution is -0.137. The van der Waals surface area contributed by atoms with Crippen LogP contribution in [0.4, 0.5) is 13.2 Å². The average Bonchev–Trinajstić information content (AvgIpc) is 2.66. The molecule has 3 rings (SSSR count). The van der Waals surface area contributed by atoms with Gasteiger partial charge in [0.2, 0.25) is 0 Å². The molecule has 1 saturated heterocycles. The van der Waals surface area contributed by atoms with E-state index in [4.69, 9.17) is 0 Å². The molecule has 0 unspecified atom stereocenters. The highest BCUT2D eigenvalue weighted by molar-refractivity contribution is 8.13. The monoisotopic (exact) mass is 378 g/mol. The number of rotatable bonds is 3. The number of amides is 1. The van der Waals surface area contributed by atoms with Crippen LogP contribution in [0.3, 0.4) is 0 Å². The Hall–Kier alpha value is -2.28. The van der Waals surface area contributed by atoms with E-state index in [2.05, 4.69) is 4.99 Å². The molecule has 0 atom stereocenters. The third kappa shape index (κ3) is 4.46. The van der Waals surface area contributed by atoms with Crippen LogP contribution in [0.2, 0.25) is 0 Å². The number of carbonyl (C=O) groups excluding carboxylic acids is 1. The average molecular weight is 378 g/mol. The number of hydrogen-bond donors (Lipinski definition) is 0. The molecule has 0 aliphatic carbocycles. The second-order valence-electron chi connectivity index (χ2n) is 5.82. The molecule has 0 saturated carbocycles. The molecule has 1 heterocycles. The maximum atomic E-state index is 12.7. The van der Waals surface area contributed by atoms with Crippen LogP contribution in [0, 0.1) is 0 Å². The third-order valence-electron chi connectivity index (χ3n) is 3.93. The van der Waals surface area contributed by atoms with Crippen LogP contribution in [0.25, 0.3) is 0 Å². The number of benzene rings is 2. The summed E-state index contributed by atoms with van der Waals surface area (Å²) in [6.07, 6.45) is -3.59. The summed E-state index contributed by atoms with van der Waals surface area (Å²) >= 11 is 1.50. The highest BCUT2D eigenvalue weighted by Gasteiger charge is 2.31. The van der Waals surface area contributed by atoms with Crippen molar-refractivity contribution >= 4 is 22.8 Å². The molecule has 7 heteroatoms. The van der Waals surface area contributed by atoms with Gasteiger partial charge in [-0.3, -0.25) is 14.7 Å². The first kappa shape index (κ1) is 18.5. The normalized spacial score (nSPS) is 16.7. The molecule has 3 nitrogen and oxygen atoms in total. The minimum atomic E-state index is -4.41. The van der Waals surface area contributed by atoms with E-state index in [1.807, 2.05) is 30.3 Å². The number of aliphatic imine (C=N–C) groups is 1. The van der Waals surface area contributed by atoms with E-state index < -0.39 is 11.7 Å². The number of thioether (sulfide) groups is 1. The summed E-state index contributed by atoms with van der Waals surface area (Å²) < 4.78 is 38.0. The maximum absolute atomic E-state index is 12.7. The van der Waals surface area contributed by atoms with Gasteiger partial charge >= 0.3 is 6.18 Å². The Kier molecular flexibility index (Phi) is 5.66. The Morgan fingerprint density at radius 2 is 1.77 bits per heavy atom. The summed E-state index contributed by atoms with van der Waals surface area (Å²) in [4.78, 5) is 18.8. The number of amidine groups is 1. The molecular formula is C19H17F3N2OS. The van der Waals surface area contributed by atoms with Crippen molar-refractivity contribution in [2.24, 2.45) is 4.99 Å². The fourth-order valence-corrected chi connectivity index (χ4v) is 3.52. The first-order valence-electron chi connectivity index (χ1n) is 8.15. The van der Waals surface area contributed by atoms with Gasteiger partial charge in [-0.05, 0) is 36.2 Å². The van der Waals surface area contributed by atoms with Crippen molar-refractivity contribution in [1.29, 1.82) is 0 Å². The highest BCUT2D eigenvalue weighted by Crippen LogP contribution is 2.29. The van der Waals surface area contributed by atoms with Crippen LogP contribution in [-0.4, -0.2) is 28.3 Å². The molecular weight excluding hydrogens is 361 g/mol. The van der Waals surface area contributed by atoms with E-state index >= 15 is 0 Å². The molecule has 0 bridgehead atoms. The zero-order valence-electron chi connectivity index (χ0n) is 13.9. The summed E-state index contributed by atoms with van der Waals surface area (Å²) in [5.41, 5.74) is 0.501. The number of carbonyl (C=O) groups is 1. The Balaban J connectivity index is 1.77. The predicted molar refractivity (Wildman–Crippen MR) is 97.1 cm³/mol. The van der Waals surface area contributed by atoms with Crippen molar-refractivity contribution < 1.29 is 18.0 Å². The van der Waals surface area contributed by atoms with Gasteiger partial charge in [-0.15, -0.1) is 0 Å². The van der Waals surface area contributed by atoms with Gasteiger partial charge in [-0.2, -0.15) is 13.2 Å². The van der Waals surface area contributed by atoms with Crippen LogP contribution in [-0.2, 0) is 12.7 Å². The zero-order valence-corrected chi connectivity index (χ0v) is 14.7. The second-order valence-corrected chi connectivity index (χ2v) is 6.88. The fraction of sp³-hybridized carbons (Fsp3) is 0.263. The van der Waals surface area contributed by atoms with Gasteiger partial charge in [0.15, 0.2) is 5.17 Å². The fourth-order valence-electron chi connectivity index (χ4n) is 2.58. The molecule has 26 heavy (non-hydrogen) atoms. The van der Waals surface area contributed by atoms with E-state index in [0.29, 0.717) is 18.3 Å². The minimum absolute atomic E-state index is 0.230. The number of hydrogen-bond acceptors (Lipinski definition) is 3. The van der Waals surface area contributed by atoms with E-state index in [1.54, 1.807) is 4.90 Å². The van der Waals surface area contributed by atoms with Gasteiger partial charge in [0.05, 0.1) is 12.1 Å². The molecule has 0 aromatic heterocycles. The van der Waals surface area contributed by atoms with Crippen molar-refractivity contribution in [3.8, 4) is 0 Å². The lowest BCUT2D eigenvalue weighted by atomic mass is 10.1. The van der Waals surface area contributed by atoms with Gasteiger partial charge in [-0.1, -0.05) is 42.1 Å². The molecule has 1 amide bonds. The van der Waals surface area contributed by atoms with Crippen molar-refractivity contribution in [2.45, 2.75) is 19.1 Å². The van der Waals surface area contributed by atoms with E-state index in [-0.39, 0.29) is 11.5 Å². The van der Waals surface area contributed by atoms with Gasteiger partial charge in [0.1, 0.15) is 0 Å². The van der Waals surface area contributed by atoms with Gasteiger partial charge < -0.3 is 0 Å². The van der Waals surface area contributed by atoms with Crippen LogP contribution in [0.5, 0.6) is 0 Å². The second kappa shape index (κ2) is 7.95. The molecule has 1 fully saturated rings. The summed E-state index contributed by atoms with van der Waals surface area (Å²) in [6.45, 7) is 0.973. The third-order valence-corrected chi connectivity index (χ3v) is 5.03. The highest BCUT2D eigenvalue weighted by atomic mass is 32.2. The Bertz CT molecular complexity index is 789. The van der Waals surface area contributed by atoms with Crippen molar-refractivity contribution in [1.82, 2.24) is 4.90 Å². The summed E-state index contributed by atoms with van der Waals surface area (Å²) in [7, 11) is 0. The first-order chi connectivity index (χ1) is 12.4. The quantitative estimate of drug-likeness (QED) is 0.766. The van der Waals surface area contributed by atoms with Crippen LogP contribution < -0.4 is 0 Å². The predicted octanol–water partition coefficient (Wildman–Crippen LogP) is 4.84. The lowest BCUT2D eigenvalue weighted by Gasteiger charge is -2.28.